The zero-order chi connectivity index (χ0) is 23.3. The molecular formula is C23H50ClNO5P+. The van der Waals surface area contributed by atoms with Crippen LogP contribution < -0.4 is 0 Å². The summed E-state index contributed by atoms with van der Waals surface area (Å²) in [6.07, 6.45) is 23.0. The predicted octanol–water partition coefficient (Wildman–Crippen LogP) is 6.53. The van der Waals surface area contributed by atoms with E-state index < -0.39 is 7.82 Å². The van der Waals surface area contributed by atoms with E-state index in [1.807, 2.05) is 20.2 Å². The highest BCUT2D eigenvalue weighted by molar-refractivity contribution is 7.45. The van der Waals surface area contributed by atoms with Crippen LogP contribution >= 0.6 is 20.2 Å². The number of quaternary nitrogens is 1. The molecule has 0 bridgehead atoms. The van der Waals surface area contributed by atoms with E-state index in [1.165, 1.54) is 89.9 Å². The Morgan fingerprint density at radius 3 is 1.35 bits per heavy atom. The number of unbranched alkanes of at least 4 members (excludes halogenated alkanes) is 14. The first-order valence-electron chi connectivity index (χ1n) is 11.8. The van der Waals surface area contributed by atoms with Gasteiger partial charge in [-0.25, -0.2) is 9.36 Å². The first-order valence-corrected chi connectivity index (χ1v) is 13.4. The fourth-order valence-corrected chi connectivity index (χ4v) is 3.37. The van der Waals surface area contributed by atoms with Crippen molar-refractivity contribution in [2.24, 2.45) is 0 Å². The highest BCUT2D eigenvalue weighted by Crippen LogP contribution is 2.25. The second kappa shape index (κ2) is 22.9. The lowest BCUT2D eigenvalue weighted by atomic mass is 10.0. The topological polar surface area (TPSA) is 94.8 Å². The molecule has 1 amide bonds. The number of likely N-dealkylation sites (N-methyl/N-ethyl adjacent to an activating group) is 1. The van der Waals surface area contributed by atoms with Gasteiger partial charge in [0, 0.05) is 0 Å². The van der Waals surface area contributed by atoms with E-state index in [-0.39, 0.29) is 12.4 Å². The molecule has 0 spiro atoms. The molecule has 0 aromatic carbocycles. The average molecular weight is 487 g/mol. The number of nitrogens with zero attached hydrogens (tertiary/aromatic N) is 1. The molecule has 3 N–H and O–H groups in total. The summed E-state index contributed by atoms with van der Waals surface area (Å²) in [6, 6.07) is 0. The van der Waals surface area contributed by atoms with Gasteiger partial charge in [0.2, 0.25) is 0 Å². The fraction of sp³-hybridized carbons (Fsp3) is 0.870. The summed E-state index contributed by atoms with van der Waals surface area (Å²) in [7, 11) is -0.676. The van der Waals surface area contributed by atoms with Crippen LogP contribution in [0, 0.1) is 0 Å². The maximum Gasteiger partial charge on any atom is 0.466 e. The Labute approximate surface area is 197 Å². The van der Waals surface area contributed by atoms with Crippen LogP contribution in [-0.4, -0.2) is 45.7 Å². The number of hydrogen-bond donors (Lipinski definition) is 3. The van der Waals surface area contributed by atoms with Gasteiger partial charge >= 0.3 is 13.7 Å². The maximum atomic E-state index is 12.1. The predicted molar refractivity (Wildman–Crippen MR) is 133 cm³/mol. The zero-order valence-electron chi connectivity index (χ0n) is 20.3. The highest BCUT2D eigenvalue weighted by atomic mass is 35.5. The zero-order valence-corrected chi connectivity index (χ0v) is 22.0. The minimum Gasteiger partial charge on any atom is -0.303 e. The van der Waals surface area contributed by atoms with Gasteiger partial charge in [-0.3, -0.25) is 4.48 Å². The molecule has 0 saturated carbocycles. The Morgan fingerprint density at radius 1 is 0.774 bits per heavy atom. The van der Waals surface area contributed by atoms with Crippen molar-refractivity contribution in [2.75, 3.05) is 20.6 Å². The number of carbonyl (C=O) groups excluding carboxylic acids is 1. The molecule has 6 nitrogen and oxygen atoms in total. The van der Waals surface area contributed by atoms with Gasteiger partial charge in [0.25, 0.3) is 0 Å². The van der Waals surface area contributed by atoms with Crippen LogP contribution in [0.15, 0.2) is 12.7 Å². The molecule has 0 unspecified atom stereocenters. The van der Waals surface area contributed by atoms with Gasteiger partial charge in [-0.2, -0.15) is 0 Å². The van der Waals surface area contributed by atoms with E-state index in [0.29, 0.717) is 10.4 Å². The Morgan fingerprint density at radius 2 is 1.06 bits per heavy atom. The highest BCUT2D eigenvalue weighted by Gasteiger charge is 2.23. The average Bonchev–Trinajstić information content (AvgIpc) is 2.63. The fourth-order valence-electron chi connectivity index (χ4n) is 3.37. The molecule has 0 heterocycles. The summed E-state index contributed by atoms with van der Waals surface area (Å²) >= 11 is 0. The standard InChI is InChI=1S/C23H46NO.ClH.H3O4P/c1-5-7-8-9-10-11-12-13-14-15-16-17-18-19-20-21-23(25)24(3,4)22-6-2;;1-5(2,3)4/h6H,2,5,7-22H2,1,3-4H3;1H;(H3,1,2,3,4)/q+1;;. The maximum absolute atomic E-state index is 12.1. The third-order valence-corrected chi connectivity index (χ3v) is 5.25. The molecule has 188 valence electrons. The first kappa shape index (κ1) is 35.4. The largest absolute Gasteiger partial charge is 0.466 e. The van der Waals surface area contributed by atoms with E-state index >= 15 is 0 Å². The Bertz CT molecular complexity index is 461. The van der Waals surface area contributed by atoms with E-state index in [4.69, 9.17) is 19.2 Å². The lowest BCUT2D eigenvalue weighted by Crippen LogP contribution is -2.45. The van der Waals surface area contributed by atoms with Gasteiger partial charge in [0.05, 0.1) is 20.5 Å². The number of phosphoric acid groups is 1. The summed E-state index contributed by atoms with van der Waals surface area (Å²) in [5.41, 5.74) is 0. The molecule has 0 radical (unpaired) electrons. The molecule has 0 fully saturated rings. The minimum absolute atomic E-state index is 0. The molecule has 31 heavy (non-hydrogen) atoms. The summed E-state index contributed by atoms with van der Waals surface area (Å²) in [4.78, 5) is 33.7. The van der Waals surface area contributed by atoms with Crippen molar-refractivity contribution >= 4 is 26.1 Å². The monoisotopic (exact) mass is 486 g/mol. The molecule has 8 heteroatoms. The van der Waals surface area contributed by atoms with Crippen molar-refractivity contribution < 1.29 is 28.5 Å². The van der Waals surface area contributed by atoms with Gasteiger partial charge in [0.1, 0.15) is 6.54 Å². The van der Waals surface area contributed by atoms with E-state index in [9.17, 15) is 4.79 Å². The first-order chi connectivity index (χ1) is 14.0. The van der Waals surface area contributed by atoms with Crippen LogP contribution in [-0.2, 0) is 9.36 Å². The number of rotatable bonds is 18. The van der Waals surface area contributed by atoms with Crippen LogP contribution in [0.5, 0.6) is 0 Å². The van der Waals surface area contributed by atoms with Gasteiger partial charge in [-0.15, -0.1) is 12.4 Å². The quantitative estimate of drug-likeness (QED) is 0.0885. The van der Waals surface area contributed by atoms with Crippen LogP contribution in [0.4, 0.5) is 0 Å². The number of hydrogen-bond acceptors (Lipinski definition) is 2. The molecule has 0 aromatic rings. The Kier molecular flexibility index (Phi) is 26.2. The summed E-state index contributed by atoms with van der Waals surface area (Å²) < 4.78 is 9.33. The van der Waals surface area contributed by atoms with Crippen molar-refractivity contribution in [3.05, 3.63) is 12.7 Å². The third-order valence-electron chi connectivity index (χ3n) is 5.25. The molecule has 0 aliphatic carbocycles. The van der Waals surface area contributed by atoms with Crippen LogP contribution in [0.2, 0.25) is 0 Å². The second-order valence-electron chi connectivity index (χ2n) is 8.76. The molecule has 0 atom stereocenters. The van der Waals surface area contributed by atoms with Crippen LogP contribution in [0.25, 0.3) is 0 Å². The minimum atomic E-state index is -4.64. The second-order valence-corrected chi connectivity index (χ2v) is 9.79. The van der Waals surface area contributed by atoms with Gasteiger partial charge in [-0.05, 0) is 12.5 Å². The number of amides is 1. The lowest BCUT2D eigenvalue weighted by molar-refractivity contribution is -0.807. The third kappa shape index (κ3) is 32.0. The molecule has 0 rings (SSSR count). The van der Waals surface area contributed by atoms with Crippen molar-refractivity contribution in [1.29, 1.82) is 0 Å². The molecule has 0 aliphatic rings. The molecule has 0 aromatic heterocycles. The van der Waals surface area contributed by atoms with E-state index in [2.05, 4.69) is 13.5 Å². The smallest absolute Gasteiger partial charge is 0.303 e. The summed E-state index contributed by atoms with van der Waals surface area (Å²) in [5.74, 6) is 0.342. The SMILES string of the molecule is C=CC[N+](C)(C)C(=O)CCCCCCCCCCCCCCCCC.Cl.O=P(O)(O)O. The normalized spacial score (nSPS) is 11.3. The van der Waals surface area contributed by atoms with Crippen molar-refractivity contribution in [3.63, 3.8) is 0 Å². The summed E-state index contributed by atoms with van der Waals surface area (Å²) in [5, 5.41) is 0. The van der Waals surface area contributed by atoms with E-state index in [1.54, 1.807) is 0 Å². The van der Waals surface area contributed by atoms with Crippen molar-refractivity contribution in [3.8, 4) is 0 Å². The molecular weight excluding hydrogens is 437 g/mol. The molecule has 0 saturated heterocycles. The van der Waals surface area contributed by atoms with Gasteiger partial charge in [0.15, 0.2) is 0 Å². The Balaban J connectivity index is -0.00000116. The van der Waals surface area contributed by atoms with E-state index in [0.717, 1.165) is 19.4 Å². The number of halogens is 1. The molecule has 0 aliphatic heterocycles. The van der Waals surface area contributed by atoms with Crippen LogP contribution in [0.3, 0.4) is 0 Å². The van der Waals surface area contributed by atoms with Gasteiger partial charge < -0.3 is 14.7 Å². The van der Waals surface area contributed by atoms with Gasteiger partial charge in [-0.1, -0.05) is 103 Å². The number of carbonyl (C=O) groups is 1. The summed E-state index contributed by atoms with van der Waals surface area (Å²) in [6.45, 7) is 6.75. The van der Waals surface area contributed by atoms with Crippen molar-refractivity contribution in [1.82, 2.24) is 0 Å². The Hall–Kier alpha value is -0.230. The lowest BCUT2D eigenvalue weighted by Gasteiger charge is -2.25. The van der Waals surface area contributed by atoms with Crippen molar-refractivity contribution in [2.45, 2.75) is 110 Å². The van der Waals surface area contributed by atoms with Crippen LogP contribution in [0.1, 0.15) is 110 Å².